The normalized spacial score (nSPS) is 17.8. The molecule has 1 saturated heterocycles. The second-order valence-electron chi connectivity index (χ2n) is 7.38. The molecule has 1 aliphatic heterocycles. The van der Waals surface area contributed by atoms with Gasteiger partial charge in [0.1, 0.15) is 11.9 Å². The zero-order chi connectivity index (χ0) is 20.2. The van der Waals surface area contributed by atoms with Gasteiger partial charge in [0.05, 0.1) is 30.4 Å². The van der Waals surface area contributed by atoms with E-state index in [0.717, 1.165) is 55.5 Å². The predicted octanol–water partition coefficient (Wildman–Crippen LogP) is 2.12. The van der Waals surface area contributed by atoms with Gasteiger partial charge in [-0.2, -0.15) is 5.10 Å². The average Bonchev–Trinajstić information content (AvgIpc) is 3.31. The Kier molecular flexibility index (Phi) is 5.80. The van der Waals surface area contributed by atoms with E-state index in [0.29, 0.717) is 6.61 Å². The third-order valence-corrected chi connectivity index (χ3v) is 5.36. The SMILES string of the molecule is CN=C(NCCCn1c(C)nc2ccccc21)N1CCOC(c2cnn(C)c2)C1. The average molecular weight is 396 g/mol. The first-order chi connectivity index (χ1) is 14.2. The molecule has 1 atom stereocenters. The van der Waals surface area contributed by atoms with Crippen molar-refractivity contribution in [2.45, 2.75) is 26.0 Å². The fraction of sp³-hybridized carbons (Fsp3) is 0.476. The van der Waals surface area contributed by atoms with Gasteiger partial charge in [-0.05, 0) is 25.5 Å². The van der Waals surface area contributed by atoms with Crippen molar-refractivity contribution in [3.8, 4) is 0 Å². The summed E-state index contributed by atoms with van der Waals surface area (Å²) < 4.78 is 10.0. The number of benzene rings is 1. The lowest BCUT2D eigenvalue weighted by atomic mass is 10.1. The van der Waals surface area contributed by atoms with E-state index in [2.05, 4.69) is 55.0 Å². The summed E-state index contributed by atoms with van der Waals surface area (Å²) in [7, 11) is 3.76. The third-order valence-electron chi connectivity index (χ3n) is 5.36. The van der Waals surface area contributed by atoms with Crippen molar-refractivity contribution in [3.63, 3.8) is 0 Å². The van der Waals surface area contributed by atoms with E-state index in [-0.39, 0.29) is 6.10 Å². The number of hydrogen-bond donors (Lipinski definition) is 1. The largest absolute Gasteiger partial charge is 0.370 e. The summed E-state index contributed by atoms with van der Waals surface area (Å²) in [4.78, 5) is 11.4. The number of guanidine groups is 1. The van der Waals surface area contributed by atoms with Crippen molar-refractivity contribution in [2.75, 3.05) is 33.3 Å². The molecule has 2 aromatic heterocycles. The maximum absolute atomic E-state index is 5.94. The number of aliphatic imine (C=N–C) groups is 1. The van der Waals surface area contributed by atoms with Crippen LogP contribution in [0, 0.1) is 6.92 Å². The van der Waals surface area contributed by atoms with Gasteiger partial charge in [-0.25, -0.2) is 4.98 Å². The smallest absolute Gasteiger partial charge is 0.193 e. The van der Waals surface area contributed by atoms with Gasteiger partial charge in [0.2, 0.25) is 0 Å². The Morgan fingerprint density at radius 3 is 3.00 bits per heavy atom. The van der Waals surface area contributed by atoms with Crippen LogP contribution in [-0.2, 0) is 18.3 Å². The number of hydrogen-bond acceptors (Lipinski definition) is 4. The fourth-order valence-corrected chi connectivity index (χ4v) is 3.90. The molecule has 8 heteroatoms. The van der Waals surface area contributed by atoms with Gasteiger partial charge in [0.25, 0.3) is 0 Å². The third kappa shape index (κ3) is 4.27. The maximum Gasteiger partial charge on any atom is 0.193 e. The van der Waals surface area contributed by atoms with Crippen molar-refractivity contribution >= 4 is 17.0 Å². The van der Waals surface area contributed by atoms with Crippen LogP contribution in [0.25, 0.3) is 11.0 Å². The Morgan fingerprint density at radius 1 is 1.34 bits per heavy atom. The van der Waals surface area contributed by atoms with Crippen LogP contribution in [0.4, 0.5) is 0 Å². The number of rotatable bonds is 5. The van der Waals surface area contributed by atoms with Gasteiger partial charge in [-0.15, -0.1) is 0 Å². The van der Waals surface area contributed by atoms with Gasteiger partial charge in [0.15, 0.2) is 5.96 Å². The minimum absolute atomic E-state index is 0.0240. The Hall–Kier alpha value is -2.87. The van der Waals surface area contributed by atoms with Crippen LogP contribution in [0.3, 0.4) is 0 Å². The minimum Gasteiger partial charge on any atom is -0.370 e. The van der Waals surface area contributed by atoms with Crippen molar-refractivity contribution in [3.05, 3.63) is 48.0 Å². The number of fused-ring (bicyclic) bond motifs is 1. The zero-order valence-electron chi connectivity index (χ0n) is 17.4. The quantitative estimate of drug-likeness (QED) is 0.407. The van der Waals surface area contributed by atoms with E-state index < -0.39 is 0 Å². The van der Waals surface area contributed by atoms with Crippen LogP contribution >= 0.6 is 0 Å². The molecule has 1 unspecified atom stereocenters. The first-order valence-corrected chi connectivity index (χ1v) is 10.1. The Bertz CT molecular complexity index is 990. The standard InChI is InChI=1S/C21H29N7O/c1-16-25-18-7-4-5-8-19(18)28(16)10-6-9-23-21(22-2)27-11-12-29-20(15-27)17-13-24-26(3)14-17/h4-5,7-8,13-14,20H,6,9-12,15H2,1-3H3,(H,22,23). The van der Waals surface area contributed by atoms with E-state index in [4.69, 9.17) is 4.74 Å². The zero-order valence-corrected chi connectivity index (χ0v) is 17.4. The molecule has 1 aromatic carbocycles. The summed E-state index contributed by atoms with van der Waals surface area (Å²) in [6.07, 6.45) is 4.91. The highest BCUT2D eigenvalue weighted by molar-refractivity contribution is 5.80. The molecule has 0 bridgehead atoms. The highest BCUT2D eigenvalue weighted by Gasteiger charge is 2.25. The van der Waals surface area contributed by atoms with E-state index in [1.54, 1.807) is 0 Å². The van der Waals surface area contributed by atoms with Crippen molar-refractivity contribution in [2.24, 2.45) is 12.0 Å². The lowest BCUT2D eigenvalue weighted by molar-refractivity contribution is -0.00802. The molecule has 1 aliphatic rings. The van der Waals surface area contributed by atoms with E-state index in [9.17, 15) is 0 Å². The molecule has 1 N–H and O–H groups in total. The van der Waals surface area contributed by atoms with Crippen molar-refractivity contribution in [1.82, 2.24) is 29.5 Å². The van der Waals surface area contributed by atoms with Crippen molar-refractivity contribution < 1.29 is 4.74 Å². The monoisotopic (exact) mass is 395 g/mol. The van der Waals surface area contributed by atoms with Crippen LogP contribution in [0.5, 0.6) is 0 Å². The first-order valence-electron chi connectivity index (χ1n) is 10.1. The second-order valence-corrected chi connectivity index (χ2v) is 7.38. The van der Waals surface area contributed by atoms with Gasteiger partial charge < -0.3 is 19.5 Å². The first kappa shape index (κ1) is 19.4. The molecule has 0 amide bonds. The van der Waals surface area contributed by atoms with Crippen LogP contribution in [-0.4, -0.2) is 63.5 Å². The molecule has 0 aliphatic carbocycles. The molecule has 3 aromatic rings. The van der Waals surface area contributed by atoms with Crippen LogP contribution in [0.2, 0.25) is 0 Å². The summed E-state index contributed by atoms with van der Waals surface area (Å²) in [6.45, 7) is 6.14. The summed E-state index contributed by atoms with van der Waals surface area (Å²) in [6, 6.07) is 8.30. The molecule has 4 rings (SSSR count). The highest BCUT2D eigenvalue weighted by Crippen LogP contribution is 2.21. The van der Waals surface area contributed by atoms with E-state index in [1.165, 1.54) is 5.52 Å². The number of para-hydroxylation sites is 2. The van der Waals surface area contributed by atoms with E-state index >= 15 is 0 Å². The van der Waals surface area contributed by atoms with Gasteiger partial charge in [-0.1, -0.05) is 12.1 Å². The second kappa shape index (κ2) is 8.65. The molecular weight excluding hydrogens is 366 g/mol. The molecule has 0 saturated carbocycles. The Morgan fingerprint density at radius 2 is 2.21 bits per heavy atom. The maximum atomic E-state index is 5.94. The molecular formula is C21H29N7O. The number of aromatic nitrogens is 4. The van der Waals surface area contributed by atoms with Gasteiger partial charge >= 0.3 is 0 Å². The summed E-state index contributed by atoms with van der Waals surface area (Å²) >= 11 is 0. The Labute approximate surface area is 171 Å². The number of nitrogens with one attached hydrogen (secondary N) is 1. The van der Waals surface area contributed by atoms with Crippen LogP contribution in [0.1, 0.15) is 23.9 Å². The number of morpholine rings is 1. The molecule has 29 heavy (non-hydrogen) atoms. The fourth-order valence-electron chi connectivity index (χ4n) is 3.90. The summed E-state index contributed by atoms with van der Waals surface area (Å²) in [5, 5.41) is 7.77. The predicted molar refractivity (Wildman–Crippen MR) is 114 cm³/mol. The molecule has 8 nitrogen and oxygen atoms in total. The number of imidazole rings is 1. The van der Waals surface area contributed by atoms with E-state index in [1.807, 2.05) is 37.2 Å². The van der Waals surface area contributed by atoms with Gasteiger partial charge in [-0.3, -0.25) is 9.67 Å². The molecule has 0 radical (unpaired) electrons. The lowest BCUT2D eigenvalue weighted by Gasteiger charge is -2.34. The topological polar surface area (TPSA) is 72.5 Å². The van der Waals surface area contributed by atoms with Crippen LogP contribution in [0.15, 0.2) is 41.7 Å². The van der Waals surface area contributed by atoms with Gasteiger partial charge in [0, 0.05) is 45.5 Å². The summed E-state index contributed by atoms with van der Waals surface area (Å²) in [5.74, 6) is 1.98. The molecule has 1 fully saturated rings. The Balaban J connectivity index is 1.32. The summed E-state index contributed by atoms with van der Waals surface area (Å²) in [5.41, 5.74) is 3.36. The highest BCUT2D eigenvalue weighted by atomic mass is 16.5. The van der Waals surface area contributed by atoms with Crippen LogP contribution < -0.4 is 5.32 Å². The molecule has 3 heterocycles. The molecule has 0 spiro atoms. The lowest BCUT2D eigenvalue weighted by Crippen LogP contribution is -2.48. The van der Waals surface area contributed by atoms with Crippen molar-refractivity contribution in [1.29, 1.82) is 0 Å². The number of ether oxygens (including phenoxy) is 1. The molecule has 154 valence electrons. The number of aryl methyl sites for hydroxylation is 3. The number of nitrogens with zero attached hydrogens (tertiary/aromatic N) is 6. The minimum atomic E-state index is 0.0240.